The van der Waals surface area contributed by atoms with E-state index in [0.29, 0.717) is 18.7 Å². The van der Waals surface area contributed by atoms with Crippen LogP contribution in [0, 0.1) is 0 Å². The third kappa shape index (κ3) is 3.69. The molecule has 0 radical (unpaired) electrons. The molecule has 0 aliphatic rings. The van der Waals surface area contributed by atoms with Crippen molar-refractivity contribution in [2.45, 2.75) is 19.6 Å². The highest BCUT2D eigenvalue weighted by molar-refractivity contribution is 5.38. The van der Waals surface area contributed by atoms with Crippen LogP contribution in [-0.4, -0.2) is 26.7 Å². The number of phenolic OH excluding ortho intramolecular Hbond substituents is 2. The third-order valence-electron chi connectivity index (χ3n) is 2.71. The van der Waals surface area contributed by atoms with Gasteiger partial charge in [-0.2, -0.15) is 5.10 Å². The van der Waals surface area contributed by atoms with Gasteiger partial charge in [0.15, 0.2) is 0 Å². The SMILES string of the molecule is Oc1ccc(CNCc2cnn(CCF)c2)c(O)c1. The lowest BCUT2D eigenvalue weighted by molar-refractivity contribution is 0.427. The number of alkyl halides is 1. The second-order valence-electron chi connectivity index (χ2n) is 4.22. The van der Waals surface area contributed by atoms with E-state index in [9.17, 15) is 14.6 Å². The summed E-state index contributed by atoms with van der Waals surface area (Å²) in [5, 5.41) is 25.9. The molecule has 1 aromatic carbocycles. The molecule has 0 bridgehead atoms. The highest BCUT2D eigenvalue weighted by Crippen LogP contribution is 2.22. The molecule has 0 fully saturated rings. The van der Waals surface area contributed by atoms with E-state index in [0.717, 1.165) is 5.56 Å². The molecular formula is C13H16FN3O2. The molecule has 0 saturated heterocycles. The van der Waals surface area contributed by atoms with E-state index < -0.39 is 6.67 Å². The monoisotopic (exact) mass is 265 g/mol. The lowest BCUT2D eigenvalue weighted by Crippen LogP contribution is -2.12. The molecule has 0 spiro atoms. The standard InChI is InChI=1S/C13H16FN3O2/c14-3-4-17-9-10(7-16-17)6-15-8-11-1-2-12(18)5-13(11)19/h1-2,5,7,9,15,18-19H,3-4,6,8H2. The smallest absolute Gasteiger partial charge is 0.123 e. The topological polar surface area (TPSA) is 70.3 Å². The van der Waals surface area contributed by atoms with Gasteiger partial charge in [-0.05, 0) is 6.07 Å². The first kappa shape index (κ1) is 13.4. The van der Waals surface area contributed by atoms with Gasteiger partial charge in [-0.3, -0.25) is 4.68 Å². The molecule has 2 rings (SSSR count). The van der Waals surface area contributed by atoms with Gasteiger partial charge in [0.25, 0.3) is 0 Å². The van der Waals surface area contributed by atoms with Crippen LogP contribution < -0.4 is 5.32 Å². The number of aryl methyl sites for hydroxylation is 1. The van der Waals surface area contributed by atoms with Crippen molar-refractivity contribution in [3.63, 3.8) is 0 Å². The van der Waals surface area contributed by atoms with E-state index in [1.54, 1.807) is 23.1 Å². The minimum Gasteiger partial charge on any atom is -0.508 e. The van der Waals surface area contributed by atoms with Crippen molar-refractivity contribution in [1.29, 1.82) is 0 Å². The van der Waals surface area contributed by atoms with Gasteiger partial charge in [0, 0.05) is 36.5 Å². The van der Waals surface area contributed by atoms with Gasteiger partial charge in [0.05, 0.1) is 12.7 Å². The largest absolute Gasteiger partial charge is 0.508 e. The zero-order valence-electron chi connectivity index (χ0n) is 10.4. The van der Waals surface area contributed by atoms with Crippen LogP contribution in [0.1, 0.15) is 11.1 Å². The average Bonchev–Trinajstić information content (AvgIpc) is 2.80. The Labute approximate surface area is 110 Å². The molecule has 102 valence electrons. The first-order valence-electron chi connectivity index (χ1n) is 5.98. The predicted octanol–water partition coefficient (Wildman–Crippen LogP) is 1.55. The summed E-state index contributed by atoms with van der Waals surface area (Å²) in [4.78, 5) is 0. The number of hydrogen-bond acceptors (Lipinski definition) is 4. The number of benzene rings is 1. The van der Waals surface area contributed by atoms with E-state index in [4.69, 9.17) is 0 Å². The van der Waals surface area contributed by atoms with E-state index in [2.05, 4.69) is 10.4 Å². The van der Waals surface area contributed by atoms with Gasteiger partial charge in [-0.15, -0.1) is 0 Å². The molecule has 3 N–H and O–H groups in total. The van der Waals surface area contributed by atoms with Crippen LogP contribution in [0.25, 0.3) is 0 Å². The summed E-state index contributed by atoms with van der Waals surface area (Å²) in [5.74, 6) is 0.0920. The maximum Gasteiger partial charge on any atom is 0.123 e. The number of aromatic hydroxyl groups is 2. The molecule has 6 heteroatoms. The number of hydrogen-bond donors (Lipinski definition) is 3. The molecule has 0 aliphatic carbocycles. The Hall–Kier alpha value is -2.08. The van der Waals surface area contributed by atoms with Crippen molar-refractivity contribution >= 4 is 0 Å². The number of aromatic nitrogens is 2. The van der Waals surface area contributed by atoms with Crippen molar-refractivity contribution in [2.24, 2.45) is 0 Å². The van der Waals surface area contributed by atoms with Crippen LogP contribution >= 0.6 is 0 Å². The van der Waals surface area contributed by atoms with Gasteiger partial charge in [0.2, 0.25) is 0 Å². The van der Waals surface area contributed by atoms with Crippen LogP contribution in [0.4, 0.5) is 4.39 Å². The number of halogens is 1. The van der Waals surface area contributed by atoms with Crippen molar-refractivity contribution in [2.75, 3.05) is 6.67 Å². The summed E-state index contributed by atoms with van der Waals surface area (Å²) in [5.41, 5.74) is 1.65. The third-order valence-corrected chi connectivity index (χ3v) is 2.71. The molecule has 0 atom stereocenters. The molecule has 1 aromatic heterocycles. The summed E-state index contributed by atoms with van der Waals surface area (Å²) < 4.78 is 13.7. The van der Waals surface area contributed by atoms with Crippen molar-refractivity contribution in [3.8, 4) is 11.5 Å². The average molecular weight is 265 g/mol. The lowest BCUT2D eigenvalue weighted by Gasteiger charge is -2.06. The first-order valence-corrected chi connectivity index (χ1v) is 5.98. The summed E-state index contributed by atoms with van der Waals surface area (Å²) in [7, 11) is 0. The van der Waals surface area contributed by atoms with E-state index in [1.807, 2.05) is 0 Å². The van der Waals surface area contributed by atoms with E-state index in [1.165, 1.54) is 12.1 Å². The highest BCUT2D eigenvalue weighted by atomic mass is 19.1. The zero-order valence-corrected chi connectivity index (χ0v) is 10.4. The molecule has 2 aromatic rings. The number of phenols is 2. The number of rotatable bonds is 6. The first-order chi connectivity index (χ1) is 9.19. The van der Waals surface area contributed by atoms with Crippen LogP contribution in [0.15, 0.2) is 30.6 Å². The molecule has 19 heavy (non-hydrogen) atoms. The Bertz CT molecular complexity index is 542. The maximum atomic E-state index is 12.1. The zero-order chi connectivity index (χ0) is 13.7. The van der Waals surface area contributed by atoms with Crippen molar-refractivity contribution < 1.29 is 14.6 Å². The molecular weight excluding hydrogens is 249 g/mol. The molecule has 1 heterocycles. The summed E-state index contributed by atoms with van der Waals surface area (Å²) in [6.45, 7) is 0.877. The number of nitrogens with one attached hydrogen (secondary N) is 1. The molecule has 0 amide bonds. The fourth-order valence-electron chi connectivity index (χ4n) is 1.75. The minimum atomic E-state index is -0.435. The summed E-state index contributed by atoms with van der Waals surface area (Å²) >= 11 is 0. The number of nitrogens with zero attached hydrogens (tertiary/aromatic N) is 2. The second-order valence-corrected chi connectivity index (χ2v) is 4.22. The predicted molar refractivity (Wildman–Crippen MR) is 68.5 cm³/mol. The lowest BCUT2D eigenvalue weighted by atomic mass is 10.2. The highest BCUT2D eigenvalue weighted by Gasteiger charge is 2.03. The van der Waals surface area contributed by atoms with Gasteiger partial charge >= 0.3 is 0 Å². The minimum absolute atomic E-state index is 0.0359. The second kappa shape index (κ2) is 6.19. The Morgan fingerprint density at radius 2 is 2.11 bits per heavy atom. The Kier molecular flexibility index (Phi) is 4.35. The van der Waals surface area contributed by atoms with Crippen LogP contribution in [0.3, 0.4) is 0 Å². The maximum absolute atomic E-state index is 12.1. The summed E-state index contributed by atoms with van der Waals surface area (Å²) in [6.07, 6.45) is 3.46. The molecule has 0 unspecified atom stereocenters. The molecule has 5 nitrogen and oxygen atoms in total. The fourth-order valence-corrected chi connectivity index (χ4v) is 1.75. The normalized spacial score (nSPS) is 10.8. The van der Waals surface area contributed by atoms with Gasteiger partial charge in [-0.25, -0.2) is 4.39 Å². The Morgan fingerprint density at radius 3 is 2.84 bits per heavy atom. The molecule has 0 aliphatic heterocycles. The fraction of sp³-hybridized carbons (Fsp3) is 0.308. The van der Waals surface area contributed by atoms with Gasteiger partial charge in [-0.1, -0.05) is 6.07 Å². The van der Waals surface area contributed by atoms with Crippen LogP contribution in [-0.2, 0) is 19.6 Å². The van der Waals surface area contributed by atoms with Crippen molar-refractivity contribution in [3.05, 3.63) is 41.7 Å². The molecule has 0 saturated carbocycles. The van der Waals surface area contributed by atoms with Crippen molar-refractivity contribution in [1.82, 2.24) is 15.1 Å². The summed E-state index contributed by atoms with van der Waals surface area (Å²) in [6, 6.07) is 4.48. The van der Waals surface area contributed by atoms with E-state index in [-0.39, 0.29) is 18.0 Å². The van der Waals surface area contributed by atoms with Crippen LogP contribution in [0.5, 0.6) is 11.5 Å². The Balaban J connectivity index is 1.85. The van der Waals surface area contributed by atoms with Gasteiger partial charge in [0.1, 0.15) is 18.2 Å². The Morgan fingerprint density at radius 1 is 1.26 bits per heavy atom. The van der Waals surface area contributed by atoms with Crippen LogP contribution in [0.2, 0.25) is 0 Å². The van der Waals surface area contributed by atoms with E-state index >= 15 is 0 Å². The quantitative estimate of drug-likeness (QED) is 0.741. The van der Waals surface area contributed by atoms with Gasteiger partial charge < -0.3 is 15.5 Å².